The van der Waals surface area contributed by atoms with Crippen molar-refractivity contribution >= 4 is 5.71 Å². The smallest absolute Gasteiger partial charge is 0.156 e. The van der Waals surface area contributed by atoms with Crippen LogP contribution in [0.4, 0.5) is 0 Å². The molecule has 74 valence electrons. The van der Waals surface area contributed by atoms with E-state index >= 15 is 0 Å². The van der Waals surface area contributed by atoms with Crippen LogP contribution in [0.5, 0.6) is 0 Å². The van der Waals surface area contributed by atoms with Crippen molar-refractivity contribution in [3.63, 3.8) is 0 Å². The van der Waals surface area contributed by atoms with Crippen molar-refractivity contribution in [3.8, 4) is 0 Å². The minimum atomic E-state index is -0.190. The van der Waals surface area contributed by atoms with Crippen molar-refractivity contribution < 1.29 is 9.94 Å². The average molecular weight is 192 g/mol. The molecule has 0 spiro atoms. The summed E-state index contributed by atoms with van der Waals surface area (Å²) in [6.07, 6.45) is 3.99. The number of aliphatic hydroxyl groups is 1. The van der Waals surface area contributed by atoms with Crippen molar-refractivity contribution in [3.05, 3.63) is 29.6 Å². The maximum absolute atomic E-state index is 8.89. The van der Waals surface area contributed by atoms with Gasteiger partial charge < -0.3 is 9.94 Å². The van der Waals surface area contributed by atoms with Gasteiger partial charge in [0.1, 0.15) is 0 Å². The lowest BCUT2D eigenvalue weighted by Gasteiger charge is -2.03. The van der Waals surface area contributed by atoms with Gasteiger partial charge in [-0.3, -0.25) is 4.98 Å². The molecule has 0 saturated carbocycles. The van der Waals surface area contributed by atoms with Crippen LogP contribution in [-0.2, 0) is 4.84 Å². The van der Waals surface area contributed by atoms with Crippen LogP contribution in [0.25, 0.3) is 0 Å². The molecule has 1 aromatic rings. The van der Waals surface area contributed by atoms with Crippen molar-refractivity contribution in [2.24, 2.45) is 5.16 Å². The third kappa shape index (κ3) is 1.61. The van der Waals surface area contributed by atoms with E-state index in [4.69, 9.17) is 9.94 Å². The fourth-order valence-corrected chi connectivity index (χ4v) is 1.45. The van der Waals surface area contributed by atoms with E-state index < -0.39 is 0 Å². The molecule has 14 heavy (non-hydrogen) atoms. The van der Waals surface area contributed by atoms with Crippen molar-refractivity contribution in [2.45, 2.75) is 19.4 Å². The van der Waals surface area contributed by atoms with Crippen LogP contribution in [0.3, 0.4) is 0 Å². The Morgan fingerprint density at radius 2 is 2.50 bits per heavy atom. The number of oxime groups is 1. The normalized spacial score (nSPS) is 20.4. The lowest BCUT2D eigenvalue weighted by molar-refractivity contribution is 0.0390. The number of aliphatic hydroxyl groups excluding tert-OH is 1. The van der Waals surface area contributed by atoms with Gasteiger partial charge in [-0.1, -0.05) is 5.16 Å². The number of pyridine rings is 1. The maximum Gasteiger partial charge on any atom is 0.156 e. The Kier molecular flexibility index (Phi) is 2.45. The predicted molar refractivity (Wildman–Crippen MR) is 52.1 cm³/mol. The van der Waals surface area contributed by atoms with Crippen LogP contribution < -0.4 is 0 Å². The number of nitrogens with zero attached hydrogens (tertiary/aromatic N) is 2. The van der Waals surface area contributed by atoms with E-state index in [-0.39, 0.29) is 12.7 Å². The first kappa shape index (κ1) is 9.15. The summed E-state index contributed by atoms with van der Waals surface area (Å²) in [7, 11) is 0. The summed E-state index contributed by atoms with van der Waals surface area (Å²) in [5, 5.41) is 12.8. The highest BCUT2D eigenvalue weighted by Gasteiger charge is 2.22. The molecule has 1 atom stereocenters. The van der Waals surface area contributed by atoms with Crippen LogP contribution >= 0.6 is 0 Å². The van der Waals surface area contributed by atoms with Gasteiger partial charge in [-0.15, -0.1) is 0 Å². The molecule has 0 aliphatic carbocycles. The minimum Gasteiger partial charge on any atom is -0.392 e. The molecule has 1 unspecified atom stereocenters. The van der Waals surface area contributed by atoms with Crippen LogP contribution in [0.2, 0.25) is 0 Å². The quantitative estimate of drug-likeness (QED) is 0.756. The number of hydrogen-bond donors (Lipinski definition) is 1. The Labute approximate surface area is 82.2 Å². The molecule has 1 aliphatic heterocycles. The van der Waals surface area contributed by atoms with Gasteiger partial charge in [-0.25, -0.2) is 0 Å². The topological polar surface area (TPSA) is 54.7 Å². The molecule has 0 saturated heterocycles. The second-order valence-corrected chi connectivity index (χ2v) is 3.34. The average Bonchev–Trinajstić information content (AvgIpc) is 2.67. The summed E-state index contributed by atoms with van der Waals surface area (Å²) in [5.41, 5.74) is 3.00. The van der Waals surface area contributed by atoms with Gasteiger partial charge >= 0.3 is 0 Å². The van der Waals surface area contributed by atoms with Gasteiger partial charge in [-0.05, 0) is 18.6 Å². The Hall–Kier alpha value is -1.42. The number of aryl methyl sites for hydroxylation is 1. The first-order chi connectivity index (χ1) is 6.81. The summed E-state index contributed by atoms with van der Waals surface area (Å²) in [5.74, 6) is 0. The Morgan fingerprint density at radius 3 is 3.14 bits per heavy atom. The number of rotatable bonds is 2. The van der Waals surface area contributed by atoms with Crippen molar-refractivity contribution in [2.75, 3.05) is 6.61 Å². The van der Waals surface area contributed by atoms with E-state index in [1.54, 1.807) is 12.4 Å². The van der Waals surface area contributed by atoms with Gasteiger partial charge in [-0.2, -0.15) is 0 Å². The second-order valence-electron chi connectivity index (χ2n) is 3.34. The van der Waals surface area contributed by atoms with Gasteiger partial charge in [0.2, 0.25) is 0 Å². The van der Waals surface area contributed by atoms with Crippen molar-refractivity contribution in [1.29, 1.82) is 0 Å². The highest BCUT2D eigenvalue weighted by atomic mass is 16.6. The third-order valence-electron chi connectivity index (χ3n) is 2.29. The van der Waals surface area contributed by atoms with E-state index in [1.165, 1.54) is 0 Å². The molecule has 0 aromatic carbocycles. The summed E-state index contributed by atoms with van der Waals surface area (Å²) < 4.78 is 0. The largest absolute Gasteiger partial charge is 0.392 e. The summed E-state index contributed by atoms with van der Waals surface area (Å²) in [4.78, 5) is 9.08. The fraction of sp³-hybridized carbons (Fsp3) is 0.400. The van der Waals surface area contributed by atoms with Gasteiger partial charge in [0.25, 0.3) is 0 Å². The van der Waals surface area contributed by atoms with Crippen LogP contribution in [0.15, 0.2) is 23.6 Å². The number of aromatic nitrogens is 1. The lowest BCUT2D eigenvalue weighted by atomic mass is 10.0. The number of hydrogen-bond acceptors (Lipinski definition) is 4. The van der Waals surface area contributed by atoms with Gasteiger partial charge in [0.05, 0.1) is 12.3 Å². The third-order valence-corrected chi connectivity index (χ3v) is 2.29. The second kappa shape index (κ2) is 3.75. The zero-order valence-electron chi connectivity index (χ0n) is 7.97. The molecule has 2 heterocycles. The SMILES string of the molecule is Cc1ccncc1C1=NOC(CO)C1. The first-order valence-electron chi connectivity index (χ1n) is 4.56. The molecule has 0 fully saturated rings. The van der Waals surface area contributed by atoms with E-state index in [0.717, 1.165) is 16.8 Å². The predicted octanol–water partition coefficient (Wildman–Crippen LogP) is 0.875. The molecule has 1 aromatic heterocycles. The highest BCUT2D eigenvalue weighted by Crippen LogP contribution is 2.17. The van der Waals surface area contributed by atoms with E-state index in [0.29, 0.717) is 6.42 Å². The zero-order valence-corrected chi connectivity index (χ0v) is 7.97. The summed E-state index contributed by atoms with van der Waals surface area (Å²) in [6.45, 7) is 2.01. The maximum atomic E-state index is 8.89. The molecule has 0 bridgehead atoms. The molecule has 1 aliphatic rings. The Balaban J connectivity index is 2.22. The summed E-state index contributed by atoms with van der Waals surface area (Å²) >= 11 is 0. The molecular weight excluding hydrogens is 180 g/mol. The molecule has 4 heteroatoms. The summed E-state index contributed by atoms with van der Waals surface area (Å²) in [6, 6.07) is 1.93. The molecule has 1 N–H and O–H groups in total. The van der Waals surface area contributed by atoms with Gasteiger partial charge in [0, 0.05) is 24.4 Å². The van der Waals surface area contributed by atoms with E-state index in [1.807, 2.05) is 13.0 Å². The van der Waals surface area contributed by atoms with Crippen LogP contribution in [-0.4, -0.2) is 28.5 Å². The van der Waals surface area contributed by atoms with Crippen LogP contribution in [0.1, 0.15) is 17.5 Å². The zero-order chi connectivity index (χ0) is 9.97. The Bertz CT molecular complexity index is 363. The van der Waals surface area contributed by atoms with Crippen molar-refractivity contribution in [1.82, 2.24) is 4.98 Å². The van der Waals surface area contributed by atoms with E-state index in [2.05, 4.69) is 10.1 Å². The van der Waals surface area contributed by atoms with Gasteiger partial charge in [0.15, 0.2) is 6.10 Å². The monoisotopic (exact) mass is 192 g/mol. The fourth-order valence-electron chi connectivity index (χ4n) is 1.45. The molecule has 4 nitrogen and oxygen atoms in total. The van der Waals surface area contributed by atoms with E-state index in [9.17, 15) is 0 Å². The lowest BCUT2D eigenvalue weighted by Crippen LogP contribution is -2.13. The van der Waals surface area contributed by atoms with Crippen LogP contribution in [0, 0.1) is 6.92 Å². The molecule has 0 radical (unpaired) electrons. The molecule has 0 amide bonds. The Morgan fingerprint density at radius 1 is 1.64 bits per heavy atom. The first-order valence-corrected chi connectivity index (χ1v) is 4.56. The molecular formula is C10H12N2O2. The highest BCUT2D eigenvalue weighted by molar-refractivity contribution is 6.02. The minimum absolute atomic E-state index is 0.00626. The molecule has 2 rings (SSSR count). The standard InChI is InChI=1S/C10H12N2O2/c1-7-2-3-11-5-9(7)10-4-8(6-13)14-12-10/h2-3,5,8,13H,4,6H2,1H3.